The first-order chi connectivity index (χ1) is 8.81. The third-order valence-electron chi connectivity index (χ3n) is 2.47. The van der Waals surface area contributed by atoms with Gasteiger partial charge in [0, 0.05) is 19.6 Å². The topological polar surface area (TPSA) is 72.1 Å². The number of carbonyl (C=O) groups is 1. The van der Waals surface area contributed by atoms with Gasteiger partial charge in [0.05, 0.1) is 6.20 Å². The Morgan fingerprint density at radius 2 is 2.11 bits per heavy atom. The number of hydrogen-bond donors (Lipinski definition) is 1. The van der Waals surface area contributed by atoms with Gasteiger partial charge in [0.2, 0.25) is 0 Å². The van der Waals surface area contributed by atoms with Crippen molar-refractivity contribution >= 4 is 17.4 Å². The molecule has 0 saturated heterocycles. The first kappa shape index (κ1) is 12.7. The molecule has 18 heavy (non-hydrogen) atoms. The SMILES string of the molecule is NCCN(Cc1ccccc1)C(=O)c1cnns1. The minimum absolute atomic E-state index is 0.0701. The zero-order valence-corrected chi connectivity index (χ0v) is 10.6. The molecule has 2 rings (SSSR count). The Labute approximate surface area is 109 Å². The van der Waals surface area contributed by atoms with Gasteiger partial charge in [0.25, 0.3) is 5.91 Å². The second-order valence-corrected chi connectivity index (χ2v) is 4.57. The summed E-state index contributed by atoms with van der Waals surface area (Å²) in [7, 11) is 0. The van der Waals surface area contributed by atoms with Crippen molar-refractivity contribution in [3.05, 3.63) is 47.0 Å². The molecule has 2 N–H and O–H groups in total. The molecule has 0 bridgehead atoms. The lowest BCUT2D eigenvalue weighted by Gasteiger charge is -2.21. The quantitative estimate of drug-likeness (QED) is 0.877. The van der Waals surface area contributed by atoms with E-state index in [1.165, 1.54) is 6.20 Å². The molecule has 1 heterocycles. The third-order valence-corrected chi connectivity index (χ3v) is 3.13. The number of carbonyl (C=O) groups excluding carboxylic acids is 1. The number of nitrogens with zero attached hydrogens (tertiary/aromatic N) is 3. The molecule has 5 nitrogen and oxygen atoms in total. The Bertz CT molecular complexity index is 486. The predicted molar refractivity (Wildman–Crippen MR) is 70.1 cm³/mol. The van der Waals surface area contributed by atoms with Crippen LogP contribution in [0, 0.1) is 0 Å². The summed E-state index contributed by atoms with van der Waals surface area (Å²) in [5.41, 5.74) is 6.63. The van der Waals surface area contributed by atoms with Crippen LogP contribution in [0.1, 0.15) is 15.2 Å². The van der Waals surface area contributed by atoms with Crippen LogP contribution in [0.3, 0.4) is 0 Å². The largest absolute Gasteiger partial charge is 0.332 e. The molecular weight excluding hydrogens is 248 g/mol. The van der Waals surface area contributed by atoms with E-state index in [1.54, 1.807) is 4.90 Å². The van der Waals surface area contributed by atoms with E-state index >= 15 is 0 Å². The minimum Gasteiger partial charge on any atom is -0.332 e. The van der Waals surface area contributed by atoms with Crippen molar-refractivity contribution in [1.82, 2.24) is 14.5 Å². The molecule has 0 saturated carbocycles. The van der Waals surface area contributed by atoms with Gasteiger partial charge in [0.1, 0.15) is 4.88 Å². The van der Waals surface area contributed by atoms with Crippen molar-refractivity contribution in [3.63, 3.8) is 0 Å². The van der Waals surface area contributed by atoms with Gasteiger partial charge in [-0.25, -0.2) is 0 Å². The summed E-state index contributed by atoms with van der Waals surface area (Å²) in [5, 5.41) is 3.68. The molecule has 2 aromatic rings. The van der Waals surface area contributed by atoms with Gasteiger partial charge in [-0.15, -0.1) is 5.10 Å². The number of rotatable bonds is 5. The molecule has 1 aromatic carbocycles. The van der Waals surface area contributed by atoms with Crippen molar-refractivity contribution in [2.45, 2.75) is 6.54 Å². The normalized spacial score (nSPS) is 10.3. The van der Waals surface area contributed by atoms with Gasteiger partial charge in [0.15, 0.2) is 0 Å². The molecule has 0 aliphatic rings. The number of hydrogen-bond acceptors (Lipinski definition) is 5. The van der Waals surface area contributed by atoms with Gasteiger partial charge < -0.3 is 10.6 Å². The molecule has 6 heteroatoms. The molecular formula is C12H14N4OS. The van der Waals surface area contributed by atoms with Crippen LogP contribution in [0.15, 0.2) is 36.5 Å². The first-order valence-corrected chi connectivity index (χ1v) is 6.39. The fourth-order valence-electron chi connectivity index (χ4n) is 1.63. The highest BCUT2D eigenvalue weighted by molar-refractivity contribution is 7.07. The summed E-state index contributed by atoms with van der Waals surface area (Å²) in [6, 6.07) is 9.83. The predicted octanol–water partition coefficient (Wildman–Crippen LogP) is 1.14. The van der Waals surface area contributed by atoms with Gasteiger partial charge in [-0.3, -0.25) is 4.79 Å². The second-order valence-electron chi connectivity index (χ2n) is 3.78. The van der Waals surface area contributed by atoms with Crippen molar-refractivity contribution in [2.75, 3.05) is 13.1 Å². The number of nitrogens with two attached hydrogens (primary N) is 1. The second kappa shape index (κ2) is 6.23. The summed E-state index contributed by atoms with van der Waals surface area (Å²) in [6.45, 7) is 1.51. The molecule has 0 radical (unpaired) electrons. The fourth-order valence-corrected chi connectivity index (χ4v) is 2.11. The van der Waals surface area contributed by atoms with Crippen LogP contribution in [-0.4, -0.2) is 33.5 Å². The van der Waals surface area contributed by atoms with E-state index in [4.69, 9.17) is 5.73 Å². The average molecular weight is 262 g/mol. The average Bonchev–Trinajstić information content (AvgIpc) is 2.92. The molecule has 0 unspecified atom stereocenters. The zero-order chi connectivity index (χ0) is 12.8. The third kappa shape index (κ3) is 3.12. The van der Waals surface area contributed by atoms with Crippen molar-refractivity contribution in [3.8, 4) is 0 Å². The van der Waals surface area contributed by atoms with Crippen LogP contribution >= 0.6 is 11.5 Å². The van der Waals surface area contributed by atoms with E-state index in [1.807, 2.05) is 30.3 Å². The Morgan fingerprint density at radius 3 is 2.72 bits per heavy atom. The summed E-state index contributed by atoms with van der Waals surface area (Å²) in [4.78, 5) is 14.5. The summed E-state index contributed by atoms with van der Waals surface area (Å²) in [6.07, 6.45) is 1.49. The lowest BCUT2D eigenvalue weighted by atomic mass is 10.2. The van der Waals surface area contributed by atoms with Crippen molar-refractivity contribution in [2.24, 2.45) is 5.73 Å². The number of amides is 1. The molecule has 0 atom stereocenters. The van der Waals surface area contributed by atoms with Crippen LogP contribution in [-0.2, 0) is 6.54 Å². The van der Waals surface area contributed by atoms with Crippen LogP contribution < -0.4 is 5.73 Å². The molecule has 1 aromatic heterocycles. The molecule has 1 amide bonds. The molecule has 0 aliphatic heterocycles. The van der Waals surface area contributed by atoms with E-state index in [-0.39, 0.29) is 5.91 Å². The van der Waals surface area contributed by atoms with Crippen LogP contribution in [0.2, 0.25) is 0 Å². The maximum atomic E-state index is 12.2. The van der Waals surface area contributed by atoms with Crippen LogP contribution in [0.25, 0.3) is 0 Å². The van der Waals surface area contributed by atoms with Gasteiger partial charge >= 0.3 is 0 Å². The molecule has 0 spiro atoms. The minimum atomic E-state index is -0.0701. The highest BCUT2D eigenvalue weighted by atomic mass is 32.1. The Hall–Kier alpha value is -1.79. The smallest absolute Gasteiger partial charge is 0.267 e. The van der Waals surface area contributed by atoms with E-state index in [2.05, 4.69) is 9.59 Å². The molecule has 0 fully saturated rings. The van der Waals surface area contributed by atoms with Gasteiger partial charge in [-0.05, 0) is 17.1 Å². The lowest BCUT2D eigenvalue weighted by Crippen LogP contribution is -2.34. The highest BCUT2D eigenvalue weighted by Crippen LogP contribution is 2.11. The van der Waals surface area contributed by atoms with E-state index in [0.29, 0.717) is 24.5 Å². The first-order valence-electron chi connectivity index (χ1n) is 5.62. The van der Waals surface area contributed by atoms with Crippen molar-refractivity contribution in [1.29, 1.82) is 0 Å². The highest BCUT2D eigenvalue weighted by Gasteiger charge is 2.17. The molecule has 94 valence electrons. The van der Waals surface area contributed by atoms with E-state index in [9.17, 15) is 4.79 Å². The van der Waals surface area contributed by atoms with Gasteiger partial charge in [-0.2, -0.15) is 0 Å². The maximum absolute atomic E-state index is 12.2. The lowest BCUT2D eigenvalue weighted by molar-refractivity contribution is 0.0753. The zero-order valence-electron chi connectivity index (χ0n) is 9.82. The van der Waals surface area contributed by atoms with Crippen LogP contribution in [0.4, 0.5) is 0 Å². The van der Waals surface area contributed by atoms with E-state index < -0.39 is 0 Å². The Morgan fingerprint density at radius 1 is 1.33 bits per heavy atom. The Kier molecular flexibility index (Phi) is 4.38. The monoisotopic (exact) mass is 262 g/mol. The summed E-state index contributed by atoms with van der Waals surface area (Å²) < 4.78 is 3.71. The standard InChI is InChI=1S/C12H14N4OS/c13-6-7-16(9-10-4-2-1-3-5-10)12(17)11-8-14-15-18-11/h1-5,8H,6-7,9,13H2. The number of aromatic nitrogens is 2. The molecule has 0 aliphatic carbocycles. The summed E-state index contributed by atoms with van der Waals surface area (Å²) in [5.74, 6) is -0.0701. The summed E-state index contributed by atoms with van der Waals surface area (Å²) >= 11 is 1.10. The maximum Gasteiger partial charge on any atom is 0.267 e. The van der Waals surface area contributed by atoms with Crippen molar-refractivity contribution < 1.29 is 4.79 Å². The van der Waals surface area contributed by atoms with Crippen LogP contribution in [0.5, 0.6) is 0 Å². The number of benzene rings is 1. The van der Waals surface area contributed by atoms with E-state index in [0.717, 1.165) is 17.1 Å². The Balaban J connectivity index is 2.11. The van der Waals surface area contributed by atoms with Gasteiger partial charge in [-0.1, -0.05) is 34.8 Å². The fraction of sp³-hybridized carbons (Fsp3) is 0.250.